The van der Waals surface area contributed by atoms with Gasteiger partial charge in [-0.15, -0.1) is 0 Å². The van der Waals surface area contributed by atoms with E-state index in [4.69, 9.17) is 10.1 Å². The molecule has 1 aliphatic carbocycles. The second-order valence-corrected chi connectivity index (χ2v) is 8.74. The number of carbonyl (C=O) groups is 1. The van der Waals surface area contributed by atoms with E-state index in [0.717, 1.165) is 52.2 Å². The Kier molecular flexibility index (Phi) is 5.23. The highest BCUT2D eigenvalue weighted by Gasteiger charge is 2.25. The van der Waals surface area contributed by atoms with Crippen molar-refractivity contribution in [2.24, 2.45) is 0 Å². The van der Waals surface area contributed by atoms with Crippen LogP contribution >= 0.6 is 0 Å². The van der Waals surface area contributed by atoms with Crippen LogP contribution in [0.1, 0.15) is 40.0 Å². The molecular weight excluding hydrogens is 434 g/mol. The van der Waals surface area contributed by atoms with E-state index in [9.17, 15) is 9.90 Å². The van der Waals surface area contributed by atoms with Gasteiger partial charge in [0.15, 0.2) is 0 Å². The average Bonchev–Trinajstić information content (AvgIpc) is 3.32. The maximum absolute atomic E-state index is 12.3. The molecule has 0 amide bonds. The molecule has 0 saturated carbocycles. The van der Waals surface area contributed by atoms with Gasteiger partial charge in [0.2, 0.25) is 0 Å². The summed E-state index contributed by atoms with van der Waals surface area (Å²) < 4.78 is 1.90. The summed E-state index contributed by atoms with van der Waals surface area (Å²) in [6, 6.07) is 27.7. The van der Waals surface area contributed by atoms with Crippen LogP contribution < -0.4 is 0 Å². The number of hydrogen-bond acceptors (Lipinski definition) is 3. The lowest BCUT2D eigenvalue weighted by Crippen LogP contribution is -2.13. The minimum Gasteiger partial charge on any atom is -0.478 e. The summed E-state index contributed by atoms with van der Waals surface area (Å²) in [5.41, 5.74) is 7.62. The number of benzene rings is 3. The lowest BCUT2D eigenvalue weighted by atomic mass is 9.86. The van der Waals surface area contributed by atoms with E-state index in [1.807, 2.05) is 83.7 Å². The van der Waals surface area contributed by atoms with Crippen molar-refractivity contribution >= 4 is 28.5 Å². The van der Waals surface area contributed by atoms with E-state index in [1.165, 1.54) is 0 Å². The molecule has 2 aromatic heterocycles. The predicted molar refractivity (Wildman–Crippen MR) is 139 cm³/mol. The van der Waals surface area contributed by atoms with Crippen molar-refractivity contribution in [2.45, 2.75) is 19.3 Å². The third-order valence-electron chi connectivity index (χ3n) is 6.52. The Labute approximate surface area is 203 Å². The quantitative estimate of drug-likeness (QED) is 0.328. The number of hydrogen-bond donors (Lipinski definition) is 1. The van der Waals surface area contributed by atoms with E-state index >= 15 is 0 Å². The number of carboxylic acids is 1. The Morgan fingerprint density at radius 3 is 2.34 bits per heavy atom. The molecule has 5 heteroatoms. The maximum atomic E-state index is 12.3. The van der Waals surface area contributed by atoms with Crippen LogP contribution in [0.15, 0.2) is 91.1 Å². The number of para-hydroxylation sites is 2. The van der Waals surface area contributed by atoms with Gasteiger partial charge in [-0.2, -0.15) is 5.10 Å². The Morgan fingerprint density at radius 2 is 1.57 bits per heavy atom. The molecule has 0 atom stereocenters. The number of carboxylic acid groups (broad SMARTS) is 1. The number of fused-ring (bicyclic) bond motifs is 2. The Hall–Kier alpha value is -4.51. The lowest BCUT2D eigenvalue weighted by molar-refractivity contribution is 0.0697. The zero-order valence-electron chi connectivity index (χ0n) is 19.1. The summed E-state index contributed by atoms with van der Waals surface area (Å²) in [7, 11) is 0. The lowest BCUT2D eigenvalue weighted by Gasteiger charge is -2.21. The summed E-state index contributed by atoms with van der Waals surface area (Å²) in [6.07, 6.45) is 6.61. The van der Waals surface area contributed by atoms with Crippen LogP contribution in [0.25, 0.3) is 39.5 Å². The van der Waals surface area contributed by atoms with Gasteiger partial charge in [0.25, 0.3) is 0 Å². The van der Waals surface area contributed by atoms with Crippen LogP contribution in [0.4, 0.5) is 0 Å². The second kappa shape index (κ2) is 8.69. The third-order valence-corrected chi connectivity index (χ3v) is 6.52. The minimum atomic E-state index is -0.900. The monoisotopic (exact) mass is 457 g/mol. The SMILES string of the molecule is O=C(O)c1c2c(nc3ccccc13)/C(=C/c1cn(-c3ccccc3)nc1-c1ccccc1)CCC2. The van der Waals surface area contributed by atoms with Gasteiger partial charge in [0, 0.05) is 22.7 Å². The number of allylic oxidation sites excluding steroid dienone is 1. The van der Waals surface area contributed by atoms with Crippen molar-refractivity contribution in [1.29, 1.82) is 0 Å². The molecule has 0 bridgehead atoms. The summed E-state index contributed by atoms with van der Waals surface area (Å²) in [4.78, 5) is 17.2. The predicted octanol–water partition coefficient (Wildman–Crippen LogP) is 6.66. The largest absolute Gasteiger partial charge is 0.478 e. The van der Waals surface area contributed by atoms with Gasteiger partial charge in [-0.1, -0.05) is 66.7 Å². The Balaban J connectivity index is 1.56. The van der Waals surface area contributed by atoms with Crippen molar-refractivity contribution in [1.82, 2.24) is 14.8 Å². The van der Waals surface area contributed by atoms with Gasteiger partial charge in [0.1, 0.15) is 0 Å². The van der Waals surface area contributed by atoms with Crippen molar-refractivity contribution in [3.63, 3.8) is 0 Å². The Morgan fingerprint density at radius 1 is 0.857 bits per heavy atom. The number of pyridine rings is 1. The van der Waals surface area contributed by atoms with Crippen molar-refractivity contribution in [3.8, 4) is 16.9 Å². The van der Waals surface area contributed by atoms with E-state index in [2.05, 4.69) is 18.2 Å². The molecule has 0 fully saturated rings. The van der Waals surface area contributed by atoms with Gasteiger partial charge >= 0.3 is 5.97 Å². The molecular formula is C30H23N3O2. The van der Waals surface area contributed by atoms with Gasteiger partial charge in [0.05, 0.1) is 28.2 Å². The average molecular weight is 458 g/mol. The van der Waals surface area contributed by atoms with Crippen molar-refractivity contribution in [2.75, 3.05) is 0 Å². The topological polar surface area (TPSA) is 68.0 Å². The van der Waals surface area contributed by atoms with Crippen LogP contribution in [0.3, 0.4) is 0 Å². The number of aromatic nitrogens is 3. The highest BCUT2D eigenvalue weighted by atomic mass is 16.4. The number of nitrogens with zero attached hydrogens (tertiary/aromatic N) is 3. The molecule has 0 aliphatic heterocycles. The highest BCUT2D eigenvalue weighted by Crippen LogP contribution is 2.37. The first-order valence-corrected chi connectivity index (χ1v) is 11.8. The zero-order chi connectivity index (χ0) is 23.8. The molecule has 0 saturated heterocycles. The summed E-state index contributed by atoms with van der Waals surface area (Å²) >= 11 is 0. The molecule has 2 heterocycles. The van der Waals surface area contributed by atoms with E-state index < -0.39 is 5.97 Å². The van der Waals surface area contributed by atoms with Gasteiger partial charge in [-0.3, -0.25) is 0 Å². The molecule has 0 unspecified atom stereocenters. The molecule has 6 rings (SSSR count). The van der Waals surface area contributed by atoms with Crippen molar-refractivity contribution in [3.05, 3.63) is 114 Å². The number of rotatable bonds is 4. The summed E-state index contributed by atoms with van der Waals surface area (Å²) in [5, 5.41) is 15.7. The zero-order valence-corrected chi connectivity index (χ0v) is 19.1. The molecule has 1 N–H and O–H groups in total. The standard InChI is InChI=1S/C30H23N3O2/c34-30(35)27-24-15-7-8-17-26(24)31-29-21(12-9-16-25(27)29)18-22-19-33(23-13-5-2-6-14-23)32-28(22)20-10-3-1-4-11-20/h1-8,10-11,13-15,17-19H,9,12,16H2,(H,34,35)/b21-18+. The van der Waals surface area contributed by atoms with Gasteiger partial charge < -0.3 is 5.11 Å². The minimum absolute atomic E-state index is 0.375. The first-order valence-electron chi connectivity index (χ1n) is 11.8. The third kappa shape index (κ3) is 3.81. The molecule has 3 aromatic carbocycles. The van der Waals surface area contributed by atoms with Crippen LogP contribution in [0.5, 0.6) is 0 Å². The first-order chi connectivity index (χ1) is 17.2. The van der Waals surface area contributed by atoms with Crippen LogP contribution in [-0.4, -0.2) is 25.8 Å². The van der Waals surface area contributed by atoms with Gasteiger partial charge in [-0.05, 0) is 54.7 Å². The normalized spacial score (nSPS) is 14.2. The summed E-state index contributed by atoms with van der Waals surface area (Å²) in [5.74, 6) is -0.900. The first kappa shape index (κ1) is 21.1. The van der Waals surface area contributed by atoms with E-state index in [-0.39, 0.29) is 0 Å². The highest BCUT2D eigenvalue weighted by molar-refractivity contribution is 6.06. The molecule has 5 nitrogen and oxygen atoms in total. The molecule has 5 aromatic rings. The van der Waals surface area contributed by atoms with E-state index in [1.54, 1.807) is 0 Å². The molecule has 0 radical (unpaired) electrons. The second-order valence-electron chi connectivity index (χ2n) is 8.74. The molecule has 0 spiro atoms. The Bertz CT molecular complexity index is 1580. The smallest absolute Gasteiger partial charge is 0.336 e. The number of aromatic carboxylic acids is 1. The van der Waals surface area contributed by atoms with Crippen LogP contribution in [-0.2, 0) is 6.42 Å². The maximum Gasteiger partial charge on any atom is 0.336 e. The summed E-state index contributed by atoms with van der Waals surface area (Å²) in [6.45, 7) is 0. The fraction of sp³-hybridized carbons (Fsp3) is 0.100. The van der Waals surface area contributed by atoms with Crippen LogP contribution in [0, 0.1) is 0 Å². The van der Waals surface area contributed by atoms with Crippen LogP contribution in [0.2, 0.25) is 0 Å². The van der Waals surface area contributed by atoms with Gasteiger partial charge in [-0.25, -0.2) is 14.5 Å². The van der Waals surface area contributed by atoms with Crippen molar-refractivity contribution < 1.29 is 9.90 Å². The fourth-order valence-electron chi connectivity index (χ4n) is 4.93. The molecule has 35 heavy (non-hydrogen) atoms. The van der Waals surface area contributed by atoms with E-state index in [0.29, 0.717) is 22.9 Å². The molecule has 1 aliphatic rings. The molecule has 170 valence electrons. The fourth-order valence-corrected chi connectivity index (χ4v) is 4.93.